The van der Waals surface area contributed by atoms with Crippen molar-refractivity contribution in [3.05, 3.63) is 46.4 Å². The van der Waals surface area contributed by atoms with Crippen LogP contribution in [-0.2, 0) is 24.3 Å². The van der Waals surface area contributed by atoms with Gasteiger partial charge in [-0.3, -0.25) is 9.36 Å². The van der Waals surface area contributed by atoms with Gasteiger partial charge in [0.1, 0.15) is 12.4 Å². The number of aryl methyl sites for hydroxylation is 2. The van der Waals surface area contributed by atoms with E-state index in [0.29, 0.717) is 29.5 Å². The van der Waals surface area contributed by atoms with Gasteiger partial charge in [-0.1, -0.05) is 17.6 Å². The van der Waals surface area contributed by atoms with Crippen molar-refractivity contribution in [2.45, 2.75) is 45.7 Å². The molecule has 0 unspecified atom stereocenters. The van der Waals surface area contributed by atoms with Crippen molar-refractivity contribution < 1.29 is 9.32 Å². The third-order valence-corrected chi connectivity index (χ3v) is 4.50. The van der Waals surface area contributed by atoms with Crippen molar-refractivity contribution in [2.24, 2.45) is 0 Å². The number of rotatable bonds is 4. The average molecular weight is 368 g/mol. The molecule has 0 bridgehead atoms. The van der Waals surface area contributed by atoms with Gasteiger partial charge in [0, 0.05) is 24.2 Å². The fraction of sp³-hybridized carbons (Fsp3) is 0.389. The lowest BCUT2D eigenvalue weighted by Crippen LogP contribution is -2.30. The van der Waals surface area contributed by atoms with Crippen molar-refractivity contribution in [2.75, 3.05) is 5.32 Å². The molecule has 0 radical (unpaired) electrons. The van der Waals surface area contributed by atoms with Crippen molar-refractivity contribution in [3.63, 3.8) is 0 Å². The molecule has 140 valence electrons. The number of carbonyl (C=O) groups is 1. The lowest BCUT2D eigenvalue weighted by molar-refractivity contribution is -0.117. The molecule has 2 aromatic heterocycles. The number of nitrogens with zero attached hydrogens (tertiary/aromatic N) is 5. The van der Waals surface area contributed by atoms with Crippen LogP contribution in [0.15, 0.2) is 33.6 Å². The number of aromatic nitrogens is 5. The Labute approximate surface area is 155 Å². The molecule has 0 fully saturated rings. The Balaban J connectivity index is 1.48. The Morgan fingerprint density at radius 1 is 1.30 bits per heavy atom. The molecule has 0 spiro atoms. The van der Waals surface area contributed by atoms with Gasteiger partial charge in [-0.2, -0.15) is 10.1 Å². The van der Waals surface area contributed by atoms with E-state index in [1.54, 1.807) is 29.7 Å². The largest absolute Gasteiger partial charge is 0.346 e. The quantitative estimate of drug-likeness (QED) is 0.752. The number of nitrogens with one attached hydrogen (secondary N) is 1. The van der Waals surface area contributed by atoms with Crippen molar-refractivity contribution in [3.8, 4) is 11.5 Å². The zero-order valence-electron chi connectivity index (χ0n) is 15.0. The minimum Gasteiger partial charge on any atom is -0.334 e. The van der Waals surface area contributed by atoms with Crippen molar-refractivity contribution in [1.82, 2.24) is 24.5 Å². The van der Waals surface area contributed by atoms with E-state index in [1.165, 1.54) is 4.68 Å². The van der Waals surface area contributed by atoms with Crippen LogP contribution in [0.3, 0.4) is 0 Å². The minimum absolute atomic E-state index is 0.122. The van der Waals surface area contributed by atoms with Gasteiger partial charge in [0.15, 0.2) is 5.82 Å². The number of hydrogen-bond donors (Lipinski definition) is 1. The molecule has 1 aliphatic rings. The van der Waals surface area contributed by atoms with Crippen molar-refractivity contribution in [1.29, 1.82) is 0 Å². The Kier molecular flexibility index (Phi) is 4.57. The maximum atomic E-state index is 12.5. The van der Waals surface area contributed by atoms with E-state index in [2.05, 4.69) is 20.6 Å². The Bertz CT molecular complexity index is 1030. The smallest absolute Gasteiger partial charge is 0.334 e. The van der Waals surface area contributed by atoms with Crippen LogP contribution in [0.5, 0.6) is 0 Å². The zero-order chi connectivity index (χ0) is 18.8. The SMILES string of the molecule is Cc1noc(-c2cccc(NC(=O)Cn3nc4n(c3=O)CCCCC4)c2)n1. The summed E-state index contributed by atoms with van der Waals surface area (Å²) in [4.78, 5) is 29.0. The maximum absolute atomic E-state index is 12.5. The molecular weight excluding hydrogens is 348 g/mol. The first kappa shape index (κ1) is 17.2. The molecule has 0 aliphatic carbocycles. The minimum atomic E-state index is -0.316. The van der Waals surface area contributed by atoms with E-state index < -0.39 is 0 Å². The molecule has 9 heteroatoms. The van der Waals surface area contributed by atoms with Gasteiger partial charge in [-0.25, -0.2) is 9.48 Å². The highest BCUT2D eigenvalue weighted by atomic mass is 16.5. The second kappa shape index (κ2) is 7.18. The summed E-state index contributed by atoms with van der Waals surface area (Å²) in [6.07, 6.45) is 3.85. The summed E-state index contributed by atoms with van der Waals surface area (Å²) < 4.78 is 8.06. The van der Waals surface area contributed by atoms with E-state index in [1.807, 2.05) is 6.07 Å². The van der Waals surface area contributed by atoms with E-state index >= 15 is 0 Å². The standard InChI is InChI=1S/C18H20N6O3/c1-12-19-17(27-22-12)13-6-5-7-14(10-13)20-16(25)11-24-18(26)23-9-4-2-3-8-15(23)21-24/h5-7,10H,2-4,8-9,11H2,1H3,(H,20,25). The molecule has 1 amide bonds. The number of benzene rings is 1. The lowest BCUT2D eigenvalue weighted by atomic mass is 10.2. The molecule has 3 aromatic rings. The monoisotopic (exact) mass is 368 g/mol. The maximum Gasteiger partial charge on any atom is 0.346 e. The van der Waals surface area contributed by atoms with Crippen LogP contribution in [0.25, 0.3) is 11.5 Å². The fourth-order valence-electron chi connectivity index (χ4n) is 3.21. The predicted octanol–water partition coefficient (Wildman–Crippen LogP) is 1.77. The van der Waals surface area contributed by atoms with Crippen LogP contribution in [0, 0.1) is 6.92 Å². The highest BCUT2D eigenvalue weighted by Gasteiger charge is 2.17. The Hall–Kier alpha value is -3.23. The summed E-state index contributed by atoms with van der Waals surface area (Å²) in [7, 11) is 0. The number of carbonyl (C=O) groups excluding carboxylic acids is 1. The number of anilines is 1. The van der Waals surface area contributed by atoms with Crippen molar-refractivity contribution >= 4 is 11.6 Å². The second-order valence-electron chi connectivity index (χ2n) is 6.59. The van der Waals surface area contributed by atoms with Gasteiger partial charge < -0.3 is 9.84 Å². The summed E-state index contributed by atoms with van der Waals surface area (Å²) in [5.74, 6) is 1.37. The first-order valence-electron chi connectivity index (χ1n) is 8.97. The summed E-state index contributed by atoms with van der Waals surface area (Å²) in [5.41, 5.74) is 1.07. The van der Waals surface area contributed by atoms with Crippen LogP contribution >= 0.6 is 0 Å². The molecule has 1 aliphatic heterocycles. The van der Waals surface area contributed by atoms with Gasteiger partial charge in [0.25, 0.3) is 5.89 Å². The number of hydrogen-bond acceptors (Lipinski definition) is 6. The Morgan fingerprint density at radius 3 is 3.00 bits per heavy atom. The van der Waals surface area contributed by atoms with Crippen LogP contribution in [0.2, 0.25) is 0 Å². The zero-order valence-corrected chi connectivity index (χ0v) is 15.0. The summed E-state index contributed by atoms with van der Waals surface area (Å²) in [6.45, 7) is 2.28. The van der Waals surface area contributed by atoms with E-state index in [9.17, 15) is 9.59 Å². The molecule has 0 saturated carbocycles. The van der Waals surface area contributed by atoms with Gasteiger partial charge >= 0.3 is 5.69 Å². The first-order valence-corrected chi connectivity index (χ1v) is 8.97. The molecular formula is C18H20N6O3. The van der Waals surface area contributed by atoms with Crippen LogP contribution in [0.1, 0.15) is 30.9 Å². The van der Waals surface area contributed by atoms with E-state index in [-0.39, 0.29) is 18.1 Å². The second-order valence-corrected chi connectivity index (χ2v) is 6.59. The van der Waals surface area contributed by atoms with E-state index in [0.717, 1.165) is 31.5 Å². The van der Waals surface area contributed by atoms with E-state index in [4.69, 9.17) is 4.52 Å². The molecule has 0 saturated heterocycles. The van der Waals surface area contributed by atoms with Gasteiger partial charge in [0.05, 0.1) is 0 Å². The molecule has 1 aromatic carbocycles. The lowest BCUT2D eigenvalue weighted by Gasteiger charge is -2.06. The van der Waals surface area contributed by atoms with Gasteiger partial charge in [-0.05, 0) is 38.0 Å². The third kappa shape index (κ3) is 3.67. The third-order valence-electron chi connectivity index (χ3n) is 4.50. The predicted molar refractivity (Wildman–Crippen MR) is 97.1 cm³/mol. The Morgan fingerprint density at radius 2 is 2.19 bits per heavy atom. The molecule has 4 rings (SSSR count). The summed E-state index contributed by atoms with van der Waals surface area (Å²) >= 11 is 0. The van der Waals surface area contributed by atoms with Gasteiger partial charge in [0.2, 0.25) is 5.91 Å². The topological polar surface area (TPSA) is 108 Å². The summed E-state index contributed by atoms with van der Waals surface area (Å²) in [6, 6.07) is 7.11. The fourth-order valence-corrected chi connectivity index (χ4v) is 3.21. The molecule has 3 heterocycles. The highest BCUT2D eigenvalue weighted by Crippen LogP contribution is 2.21. The average Bonchev–Trinajstić information content (AvgIpc) is 3.11. The first-order chi connectivity index (χ1) is 13.1. The van der Waals surface area contributed by atoms with Crippen LogP contribution in [-0.4, -0.2) is 30.4 Å². The highest BCUT2D eigenvalue weighted by molar-refractivity contribution is 5.91. The molecule has 1 N–H and O–H groups in total. The molecule has 0 atom stereocenters. The molecule has 27 heavy (non-hydrogen) atoms. The normalized spacial score (nSPS) is 13.8. The number of fused-ring (bicyclic) bond motifs is 1. The van der Waals surface area contributed by atoms with Crippen LogP contribution in [0.4, 0.5) is 5.69 Å². The molecule has 9 nitrogen and oxygen atoms in total. The summed E-state index contributed by atoms with van der Waals surface area (Å²) in [5, 5.41) is 10.9. The number of amides is 1. The van der Waals surface area contributed by atoms with Crippen LogP contribution < -0.4 is 11.0 Å². The van der Waals surface area contributed by atoms with Gasteiger partial charge in [-0.15, -0.1) is 0 Å².